The monoisotopic (exact) mass is 626 g/mol. The van der Waals surface area contributed by atoms with Gasteiger partial charge in [-0.15, -0.1) is 0 Å². The molecule has 236 valence electrons. The molecule has 2 aliphatic rings. The molecule has 0 radical (unpaired) electrons. The first kappa shape index (κ1) is 34.3. The standard InChI is InChI=1S/2C14H24ClN5O/c2*1-3-6-17-11-8-16-7-5-10(11)19-14(21)13-18-9(4-2)12(15)20-13/h2*10-11,16-17H,3-8H2,1-2H3,(H,18,20)(H,19,21)/t10-,11-;/m1./s1. The van der Waals surface area contributed by atoms with E-state index in [2.05, 4.69) is 65.7 Å². The molecule has 0 aromatic carbocycles. The number of carbonyl (C=O) groups is 2. The number of aromatic nitrogens is 4. The van der Waals surface area contributed by atoms with Crippen LogP contribution in [0.5, 0.6) is 0 Å². The number of nitrogens with zero attached hydrogens (tertiary/aromatic N) is 2. The molecule has 2 aliphatic heterocycles. The van der Waals surface area contributed by atoms with Crippen molar-refractivity contribution in [3.05, 3.63) is 33.3 Å². The number of imidazole rings is 2. The number of piperidine rings is 2. The van der Waals surface area contributed by atoms with Gasteiger partial charge in [0.15, 0.2) is 22.0 Å². The number of amides is 2. The Labute approximate surface area is 259 Å². The topological polar surface area (TPSA) is 164 Å². The van der Waals surface area contributed by atoms with Crippen molar-refractivity contribution < 1.29 is 9.59 Å². The molecule has 8 N–H and O–H groups in total. The summed E-state index contributed by atoms with van der Waals surface area (Å²) in [6.07, 6.45) is 5.42. The van der Waals surface area contributed by atoms with Crippen LogP contribution in [0.3, 0.4) is 0 Å². The number of hydrogen-bond donors (Lipinski definition) is 8. The zero-order valence-electron chi connectivity index (χ0n) is 25.3. The molecule has 42 heavy (non-hydrogen) atoms. The summed E-state index contributed by atoms with van der Waals surface area (Å²) in [6, 6.07) is 0.718. The Bertz CT molecular complexity index is 1040. The third-order valence-electron chi connectivity index (χ3n) is 7.50. The van der Waals surface area contributed by atoms with Crippen molar-refractivity contribution >= 4 is 35.0 Å². The lowest BCUT2D eigenvalue weighted by Crippen LogP contribution is -2.58. The number of halogens is 2. The maximum atomic E-state index is 12.3. The highest BCUT2D eigenvalue weighted by Crippen LogP contribution is 2.15. The van der Waals surface area contributed by atoms with Crippen LogP contribution in [0.25, 0.3) is 0 Å². The van der Waals surface area contributed by atoms with Crippen LogP contribution in [0, 0.1) is 0 Å². The summed E-state index contributed by atoms with van der Waals surface area (Å²) in [5, 5.41) is 20.5. The van der Waals surface area contributed by atoms with Gasteiger partial charge in [0.25, 0.3) is 11.8 Å². The fraction of sp³-hybridized carbons (Fsp3) is 0.714. The highest BCUT2D eigenvalue weighted by atomic mass is 35.5. The summed E-state index contributed by atoms with van der Waals surface area (Å²) in [5.41, 5.74) is 1.60. The van der Waals surface area contributed by atoms with E-state index in [1.807, 2.05) is 13.8 Å². The van der Waals surface area contributed by atoms with Crippen molar-refractivity contribution in [2.75, 3.05) is 39.3 Å². The van der Waals surface area contributed by atoms with Crippen LogP contribution in [0.4, 0.5) is 0 Å². The van der Waals surface area contributed by atoms with Crippen molar-refractivity contribution in [3.63, 3.8) is 0 Å². The van der Waals surface area contributed by atoms with Crippen molar-refractivity contribution in [3.8, 4) is 0 Å². The van der Waals surface area contributed by atoms with E-state index in [1.54, 1.807) is 0 Å². The van der Waals surface area contributed by atoms with Gasteiger partial charge in [-0.05, 0) is 64.7 Å². The molecule has 4 atom stereocenters. The van der Waals surface area contributed by atoms with E-state index in [9.17, 15) is 9.59 Å². The second-order valence-corrected chi connectivity index (χ2v) is 11.4. The third-order valence-corrected chi connectivity index (χ3v) is 8.13. The van der Waals surface area contributed by atoms with Gasteiger partial charge in [-0.2, -0.15) is 0 Å². The van der Waals surface area contributed by atoms with E-state index in [0.29, 0.717) is 22.0 Å². The van der Waals surface area contributed by atoms with Crippen molar-refractivity contribution in [2.45, 2.75) is 90.4 Å². The minimum absolute atomic E-state index is 0.110. The van der Waals surface area contributed by atoms with Crippen LogP contribution >= 0.6 is 23.2 Å². The molecular weight excluding hydrogens is 579 g/mol. The number of hydrogen-bond acceptors (Lipinski definition) is 8. The Morgan fingerprint density at radius 2 is 1.12 bits per heavy atom. The number of aryl methyl sites for hydroxylation is 2. The van der Waals surface area contributed by atoms with E-state index >= 15 is 0 Å². The predicted octanol–water partition coefficient (Wildman–Crippen LogP) is 2.17. The average Bonchev–Trinajstić information content (AvgIpc) is 3.58. The van der Waals surface area contributed by atoms with Crippen molar-refractivity contribution in [2.24, 2.45) is 0 Å². The van der Waals surface area contributed by atoms with Gasteiger partial charge in [-0.3, -0.25) is 9.59 Å². The summed E-state index contributed by atoms with van der Waals surface area (Å²) in [5.74, 6) is 0.216. The van der Waals surface area contributed by atoms with Crippen LogP contribution in [0.1, 0.15) is 86.0 Å². The van der Waals surface area contributed by atoms with Gasteiger partial charge in [0.2, 0.25) is 0 Å². The van der Waals surface area contributed by atoms with E-state index < -0.39 is 0 Å². The second-order valence-electron chi connectivity index (χ2n) is 10.7. The molecule has 0 saturated carbocycles. The zero-order valence-corrected chi connectivity index (χ0v) is 26.8. The van der Waals surface area contributed by atoms with Gasteiger partial charge in [0.05, 0.1) is 11.4 Å². The normalized spacial score (nSPS) is 22.2. The third kappa shape index (κ3) is 9.92. The SMILES string of the molecule is CCCNC1CNCCC1NC(=O)c1nc(Cl)c(CC)[nH]1.CCCN[C@@H]1CNCC[C@H]1NC(=O)c1nc(Cl)c(CC)[nH]1. The first-order chi connectivity index (χ1) is 20.3. The Morgan fingerprint density at radius 1 is 0.714 bits per heavy atom. The van der Waals surface area contributed by atoms with Crippen LogP contribution in [0.2, 0.25) is 10.3 Å². The smallest absolute Gasteiger partial charge is 0.287 e. The lowest BCUT2D eigenvalue weighted by Gasteiger charge is -2.33. The molecule has 4 rings (SSSR count). The molecule has 0 aliphatic carbocycles. The second kappa shape index (κ2) is 17.8. The molecule has 2 saturated heterocycles. The molecule has 12 nitrogen and oxygen atoms in total. The molecule has 2 aromatic rings. The maximum Gasteiger partial charge on any atom is 0.287 e. The van der Waals surface area contributed by atoms with Gasteiger partial charge in [-0.1, -0.05) is 50.9 Å². The highest BCUT2D eigenvalue weighted by molar-refractivity contribution is 6.30. The van der Waals surface area contributed by atoms with E-state index in [4.69, 9.17) is 23.2 Å². The lowest BCUT2D eigenvalue weighted by atomic mass is 10.0. The largest absolute Gasteiger partial charge is 0.345 e. The highest BCUT2D eigenvalue weighted by Gasteiger charge is 2.28. The van der Waals surface area contributed by atoms with Crippen LogP contribution in [0.15, 0.2) is 0 Å². The van der Waals surface area contributed by atoms with Crippen LogP contribution < -0.4 is 31.9 Å². The molecular formula is C28H48Cl2N10O2. The number of H-pyrrole nitrogens is 2. The number of rotatable bonds is 12. The summed E-state index contributed by atoms with van der Waals surface area (Å²) >= 11 is 12.0. The lowest BCUT2D eigenvalue weighted by molar-refractivity contribution is 0.0901. The van der Waals surface area contributed by atoms with E-state index in [-0.39, 0.29) is 36.0 Å². The first-order valence-electron chi connectivity index (χ1n) is 15.3. The minimum atomic E-state index is -0.188. The summed E-state index contributed by atoms with van der Waals surface area (Å²) in [4.78, 5) is 38.8. The molecule has 14 heteroatoms. The van der Waals surface area contributed by atoms with Crippen molar-refractivity contribution in [1.82, 2.24) is 51.8 Å². The maximum absolute atomic E-state index is 12.3. The fourth-order valence-corrected chi connectivity index (χ4v) is 5.62. The first-order valence-corrected chi connectivity index (χ1v) is 16.0. The Balaban J connectivity index is 0.000000230. The molecule has 4 heterocycles. The average molecular weight is 628 g/mol. The number of nitrogens with one attached hydrogen (secondary N) is 8. The Morgan fingerprint density at radius 3 is 1.45 bits per heavy atom. The summed E-state index contributed by atoms with van der Waals surface area (Å²) in [7, 11) is 0. The zero-order chi connectivity index (χ0) is 30.5. The van der Waals surface area contributed by atoms with Crippen LogP contribution in [-0.2, 0) is 12.8 Å². The minimum Gasteiger partial charge on any atom is -0.345 e. The fourth-order valence-electron chi connectivity index (χ4n) is 5.08. The summed E-state index contributed by atoms with van der Waals surface area (Å²) in [6.45, 7) is 13.7. The van der Waals surface area contributed by atoms with Crippen LogP contribution in [-0.4, -0.2) is 95.2 Å². The number of aromatic amines is 2. The van der Waals surface area contributed by atoms with Gasteiger partial charge in [-0.25, -0.2) is 9.97 Å². The Hall–Kier alpha value is -2.22. The van der Waals surface area contributed by atoms with Crippen molar-refractivity contribution in [1.29, 1.82) is 0 Å². The summed E-state index contributed by atoms with van der Waals surface area (Å²) < 4.78 is 0. The van der Waals surface area contributed by atoms with E-state index in [0.717, 1.165) is 89.2 Å². The quantitative estimate of drug-likeness (QED) is 0.178. The number of carbonyl (C=O) groups excluding carboxylic acids is 2. The van der Waals surface area contributed by atoms with E-state index in [1.165, 1.54) is 0 Å². The van der Waals surface area contributed by atoms with Gasteiger partial charge < -0.3 is 41.9 Å². The molecule has 0 spiro atoms. The molecule has 2 unspecified atom stereocenters. The molecule has 2 fully saturated rings. The molecule has 2 amide bonds. The van der Waals surface area contributed by atoms with Gasteiger partial charge in [0, 0.05) is 37.3 Å². The van der Waals surface area contributed by atoms with Gasteiger partial charge in [0.1, 0.15) is 0 Å². The Kier molecular flexibility index (Phi) is 14.5. The molecule has 0 bridgehead atoms. The van der Waals surface area contributed by atoms with Gasteiger partial charge >= 0.3 is 0 Å². The molecule has 2 aromatic heterocycles. The predicted molar refractivity (Wildman–Crippen MR) is 168 cm³/mol.